The van der Waals surface area contributed by atoms with Gasteiger partial charge in [0.1, 0.15) is 0 Å². The number of nitrogens with one attached hydrogen (secondary N) is 1. The van der Waals surface area contributed by atoms with Crippen molar-refractivity contribution in [2.45, 2.75) is 71.3 Å². The first-order valence-corrected chi connectivity index (χ1v) is 7.53. The van der Waals surface area contributed by atoms with Crippen LogP contribution >= 0.6 is 0 Å². The summed E-state index contributed by atoms with van der Waals surface area (Å²) in [5, 5.41) is 3.77. The zero-order chi connectivity index (χ0) is 11.4. The molecule has 1 N–H and O–H groups in total. The molecule has 0 aromatic heterocycles. The van der Waals surface area contributed by atoms with Crippen LogP contribution in [0, 0.1) is 17.8 Å². The topological polar surface area (TPSA) is 12.0 Å². The van der Waals surface area contributed by atoms with E-state index in [9.17, 15) is 0 Å². The summed E-state index contributed by atoms with van der Waals surface area (Å²) in [4.78, 5) is 0. The number of unbranched alkanes of at least 4 members (excludes halogenated alkanes) is 2. The molecule has 0 radical (unpaired) electrons. The van der Waals surface area contributed by atoms with Crippen LogP contribution in [0.2, 0.25) is 0 Å². The lowest BCUT2D eigenvalue weighted by Crippen LogP contribution is -2.33. The summed E-state index contributed by atoms with van der Waals surface area (Å²) < 4.78 is 0. The molecule has 0 aromatic rings. The molecule has 94 valence electrons. The molecule has 2 aliphatic carbocycles. The Morgan fingerprint density at radius 2 is 2.06 bits per heavy atom. The molecule has 2 rings (SSSR count). The molecule has 0 aliphatic heterocycles. The lowest BCUT2D eigenvalue weighted by molar-refractivity contribution is 0.304. The van der Waals surface area contributed by atoms with Crippen molar-refractivity contribution in [2.24, 2.45) is 17.8 Å². The second kappa shape index (κ2) is 6.05. The summed E-state index contributed by atoms with van der Waals surface area (Å²) in [5.74, 6) is 3.21. The van der Waals surface area contributed by atoms with Gasteiger partial charge in [0.05, 0.1) is 0 Å². The lowest BCUT2D eigenvalue weighted by Gasteiger charge is -2.24. The molecule has 0 aromatic carbocycles. The van der Waals surface area contributed by atoms with Gasteiger partial charge < -0.3 is 5.32 Å². The van der Waals surface area contributed by atoms with Gasteiger partial charge in [0.2, 0.25) is 0 Å². The Hall–Kier alpha value is -0.0400. The predicted octanol–water partition coefficient (Wildman–Crippen LogP) is 3.98. The molecule has 2 saturated carbocycles. The average molecular weight is 223 g/mol. The maximum Gasteiger partial charge on any atom is 0.00388 e. The van der Waals surface area contributed by atoms with E-state index in [0.717, 1.165) is 23.8 Å². The Labute approximate surface area is 101 Å². The summed E-state index contributed by atoms with van der Waals surface area (Å²) in [5.41, 5.74) is 0. The smallest absolute Gasteiger partial charge is 0.00388 e. The van der Waals surface area contributed by atoms with Gasteiger partial charge in [-0.05, 0) is 56.9 Å². The first-order valence-electron chi connectivity index (χ1n) is 7.53. The van der Waals surface area contributed by atoms with Gasteiger partial charge in [-0.2, -0.15) is 0 Å². The van der Waals surface area contributed by atoms with Gasteiger partial charge in [0, 0.05) is 6.04 Å². The zero-order valence-electron chi connectivity index (χ0n) is 11.2. The maximum atomic E-state index is 3.77. The minimum absolute atomic E-state index is 0.741. The second-order valence-electron chi connectivity index (χ2n) is 6.24. The van der Waals surface area contributed by atoms with E-state index < -0.39 is 0 Å². The van der Waals surface area contributed by atoms with Crippen LogP contribution in [0.25, 0.3) is 0 Å². The van der Waals surface area contributed by atoms with E-state index in [1.165, 1.54) is 51.5 Å². The number of fused-ring (bicyclic) bond motifs is 2. The molecule has 2 bridgehead atoms. The summed E-state index contributed by atoms with van der Waals surface area (Å²) in [7, 11) is 0. The minimum atomic E-state index is 0.741. The van der Waals surface area contributed by atoms with Crippen LogP contribution in [0.3, 0.4) is 0 Å². The highest BCUT2D eigenvalue weighted by Gasteiger charge is 2.38. The van der Waals surface area contributed by atoms with Crippen LogP contribution in [0.4, 0.5) is 0 Å². The Bertz CT molecular complexity index is 202. The Balaban J connectivity index is 1.57. The lowest BCUT2D eigenvalue weighted by atomic mass is 9.88. The minimum Gasteiger partial charge on any atom is -0.314 e. The standard InChI is InChI=1S/C15H29N/c1-3-4-5-6-12(2)16-11-15-10-13-7-8-14(15)9-13/h12-16H,3-11H2,1-2H3. The van der Waals surface area contributed by atoms with E-state index in [-0.39, 0.29) is 0 Å². The first-order chi connectivity index (χ1) is 7.79. The van der Waals surface area contributed by atoms with E-state index in [1.54, 1.807) is 6.42 Å². The molecular weight excluding hydrogens is 194 g/mol. The second-order valence-corrected chi connectivity index (χ2v) is 6.24. The molecule has 1 nitrogen and oxygen atoms in total. The van der Waals surface area contributed by atoms with E-state index in [2.05, 4.69) is 19.2 Å². The highest BCUT2D eigenvalue weighted by molar-refractivity contribution is 4.91. The SMILES string of the molecule is CCCCCC(C)NCC1CC2CCC1C2. The quantitative estimate of drug-likeness (QED) is 0.644. The van der Waals surface area contributed by atoms with Gasteiger partial charge in [0.15, 0.2) is 0 Å². The number of rotatable bonds is 7. The molecule has 1 heteroatoms. The maximum absolute atomic E-state index is 3.77. The summed E-state index contributed by atoms with van der Waals surface area (Å²) in [6.45, 7) is 5.95. The van der Waals surface area contributed by atoms with Gasteiger partial charge in [0.25, 0.3) is 0 Å². The van der Waals surface area contributed by atoms with Crippen molar-refractivity contribution in [3.8, 4) is 0 Å². The third kappa shape index (κ3) is 3.23. The van der Waals surface area contributed by atoms with Crippen molar-refractivity contribution in [1.82, 2.24) is 5.32 Å². The molecule has 0 amide bonds. The predicted molar refractivity (Wildman–Crippen MR) is 70.5 cm³/mol. The van der Waals surface area contributed by atoms with Gasteiger partial charge in [-0.1, -0.05) is 32.6 Å². The molecule has 0 heterocycles. The summed E-state index contributed by atoms with van der Waals surface area (Å²) in [6.07, 6.45) is 11.7. The van der Waals surface area contributed by atoms with Crippen molar-refractivity contribution in [3.63, 3.8) is 0 Å². The fourth-order valence-corrected chi connectivity index (χ4v) is 3.78. The van der Waals surface area contributed by atoms with Gasteiger partial charge in [-0.25, -0.2) is 0 Å². The van der Waals surface area contributed by atoms with Crippen LogP contribution in [0.15, 0.2) is 0 Å². The van der Waals surface area contributed by atoms with Crippen LogP contribution < -0.4 is 5.32 Å². The molecule has 2 aliphatic rings. The van der Waals surface area contributed by atoms with Crippen LogP contribution in [0.5, 0.6) is 0 Å². The van der Waals surface area contributed by atoms with Crippen LogP contribution in [0.1, 0.15) is 65.2 Å². The largest absolute Gasteiger partial charge is 0.314 e. The van der Waals surface area contributed by atoms with Crippen molar-refractivity contribution in [1.29, 1.82) is 0 Å². The number of hydrogen-bond donors (Lipinski definition) is 1. The highest BCUT2D eigenvalue weighted by Crippen LogP contribution is 2.47. The molecule has 0 spiro atoms. The van der Waals surface area contributed by atoms with E-state index in [4.69, 9.17) is 0 Å². The number of hydrogen-bond acceptors (Lipinski definition) is 1. The summed E-state index contributed by atoms with van der Waals surface area (Å²) >= 11 is 0. The molecule has 0 saturated heterocycles. The van der Waals surface area contributed by atoms with Gasteiger partial charge in [-0.3, -0.25) is 0 Å². The molecular formula is C15H29N. The molecule has 16 heavy (non-hydrogen) atoms. The van der Waals surface area contributed by atoms with Gasteiger partial charge in [-0.15, -0.1) is 0 Å². The fourth-order valence-electron chi connectivity index (χ4n) is 3.78. The average Bonchev–Trinajstić information content (AvgIpc) is 2.88. The van der Waals surface area contributed by atoms with E-state index in [0.29, 0.717) is 0 Å². The van der Waals surface area contributed by atoms with Crippen molar-refractivity contribution < 1.29 is 0 Å². The van der Waals surface area contributed by atoms with Crippen LogP contribution in [-0.2, 0) is 0 Å². The third-order valence-corrected chi connectivity index (χ3v) is 4.85. The van der Waals surface area contributed by atoms with E-state index in [1.807, 2.05) is 0 Å². The molecule has 4 atom stereocenters. The third-order valence-electron chi connectivity index (χ3n) is 4.85. The van der Waals surface area contributed by atoms with Crippen LogP contribution in [-0.4, -0.2) is 12.6 Å². The monoisotopic (exact) mass is 223 g/mol. The molecule has 4 unspecified atom stereocenters. The van der Waals surface area contributed by atoms with Crippen molar-refractivity contribution in [2.75, 3.05) is 6.54 Å². The fraction of sp³-hybridized carbons (Fsp3) is 1.00. The van der Waals surface area contributed by atoms with Gasteiger partial charge >= 0.3 is 0 Å². The van der Waals surface area contributed by atoms with Crippen molar-refractivity contribution >= 4 is 0 Å². The Kier molecular flexibility index (Phi) is 4.69. The highest BCUT2D eigenvalue weighted by atomic mass is 14.9. The molecule has 2 fully saturated rings. The van der Waals surface area contributed by atoms with Crippen molar-refractivity contribution in [3.05, 3.63) is 0 Å². The summed E-state index contributed by atoms with van der Waals surface area (Å²) in [6, 6.07) is 0.741. The Morgan fingerprint density at radius 1 is 1.19 bits per heavy atom. The van der Waals surface area contributed by atoms with E-state index >= 15 is 0 Å². The first kappa shape index (κ1) is 12.4. The normalized spacial score (nSPS) is 34.5. The Morgan fingerprint density at radius 3 is 2.69 bits per heavy atom. The zero-order valence-corrected chi connectivity index (χ0v) is 11.2.